The van der Waals surface area contributed by atoms with Crippen LogP contribution in [-0.2, 0) is 6.42 Å². The second-order valence-electron chi connectivity index (χ2n) is 4.68. The van der Waals surface area contributed by atoms with Crippen molar-refractivity contribution in [2.75, 3.05) is 20.7 Å². The van der Waals surface area contributed by atoms with Gasteiger partial charge in [0.25, 0.3) is 0 Å². The predicted octanol–water partition coefficient (Wildman–Crippen LogP) is 1.65. The van der Waals surface area contributed by atoms with Crippen molar-refractivity contribution in [1.82, 2.24) is 4.90 Å². The summed E-state index contributed by atoms with van der Waals surface area (Å²) in [7, 11) is 3.69. The van der Waals surface area contributed by atoms with Gasteiger partial charge in [0.1, 0.15) is 5.75 Å². The molecule has 1 aliphatic carbocycles. The highest BCUT2D eigenvalue weighted by Gasteiger charge is 2.27. The molecule has 18 heavy (non-hydrogen) atoms. The molecule has 0 aliphatic heterocycles. The maximum Gasteiger partial charge on any atom is 0.191 e. The molecule has 0 spiro atoms. The predicted molar refractivity (Wildman–Crippen MR) is 74.0 cm³/mol. The Bertz CT molecular complexity index is 410. The lowest BCUT2D eigenvalue weighted by molar-refractivity contribution is 0.414. The second-order valence-corrected chi connectivity index (χ2v) is 4.68. The van der Waals surface area contributed by atoms with E-state index in [-0.39, 0.29) is 0 Å². The fourth-order valence-electron chi connectivity index (χ4n) is 1.85. The van der Waals surface area contributed by atoms with Crippen LogP contribution in [0.4, 0.5) is 0 Å². The van der Waals surface area contributed by atoms with Gasteiger partial charge >= 0.3 is 0 Å². The molecule has 0 saturated heterocycles. The lowest BCUT2D eigenvalue weighted by Crippen LogP contribution is -2.35. The molecule has 0 unspecified atom stereocenters. The van der Waals surface area contributed by atoms with E-state index >= 15 is 0 Å². The number of nitrogens with two attached hydrogens (primary N) is 1. The Balaban J connectivity index is 1.81. The maximum absolute atomic E-state index is 5.92. The zero-order valence-corrected chi connectivity index (χ0v) is 11.1. The fourth-order valence-corrected chi connectivity index (χ4v) is 1.85. The lowest BCUT2D eigenvalue weighted by Gasteiger charge is -2.16. The van der Waals surface area contributed by atoms with Crippen molar-refractivity contribution >= 4 is 5.96 Å². The Labute approximate surface area is 108 Å². The van der Waals surface area contributed by atoms with Crippen molar-refractivity contribution in [3.05, 3.63) is 29.8 Å². The van der Waals surface area contributed by atoms with E-state index in [9.17, 15) is 0 Å². The van der Waals surface area contributed by atoms with Gasteiger partial charge in [-0.1, -0.05) is 12.1 Å². The minimum absolute atomic E-state index is 0.620. The molecular weight excluding hydrogens is 226 g/mol. The largest absolute Gasteiger partial charge is 0.497 e. The lowest BCUT2D eigenvalue weighted by atomic mass is 10.1. The summed E-state index contributed by atoms with van der Waals surface area (Å²) in [4.78, 5) is 6.49. The smallest absolute Gasteiger partial charge is 0.191 e. The summed E-state index contributed by atoms with van der Waals surface area (Å²) in [6.07, 6.45) is 3.39. The van der Waals surface area contributed by atoms with E-state index in [4.69, 9.17) is 10.5 Å². The molecule has 98 valence electrons. The minimum atomic E-state index is 0.620. The van der Waals surface area contributed by atoms with Gasteiger partial charge in [-0.2, -0.15) is 0 Å². The SMILES string of the molecule is COc1ccc(CCN=C(N)N(C)C2CC2)cc1. The van der Waals surface area contributed by atoms with Crippen LogP contribution in [0.3, 0.4) is 0 Å². The normalized spacial score (nSPS) is 15.6. The van der Waals surface area contributed by atoms with E-state index in [0.29, 0.717) is 12.0 Å². The first kappa shape index (κ1) is 12.7. The Morgan fingerprint density at radius 1 is 1.39 bits per heavy atom. The topological polar surface area (TPSA) is 50.9 Å². The molecule has 0 heterocycles. The highest BCUT2D eigenvalue weighted by molar-refractivity contribution is 5.78. The average molecular weight is 247 g/mol. The van der Waals surface area contributed by atoms with Gasteiger partial charge in [0.2, 0.25) is 0 Å². The Hall–Kier alpha value is -1.71. The monoisotopic (exact) mass is 247 g/mol. The molecule has 4 heteroatoms. The van der Waals surface area contributed by atoms with E-state index < -0.39 is 0 Å². The van der Waals surface area contributed by atoms with Crippen LogP contribution >= 0.6 is 0 Å². The van der Waals surface area contributed by atoms with Crippen LogP contribution in [0.25, 0.3) is 0 Å². The first-order chi connectivity index (χ1) is 8.70. The third-order valence-corrected chi connectivity index (χ3v) is 3.29. The maximum atomic E-state index is 5.92. The summed E-state index contributed by atoms with van der Waals surface area (Å²) < 4.78 is 5.12. The van der Waals surface area contributed by atoms with Gasteiger partial charge < -0.3 is 15.4 Å². The number of aliphatic imine (C=N–C) groups is 1. The number of hydrogen-bond acceptors (Lipinski definition) is 2. The molecule has 2 rings (SSSR count). The van der Waals surface area contributed by atoms with Gasteiger partial charge in [0, 0.05) is 19.6 Å². The van der Waals surface area contributed by atoms with Crippen LogP contribution in [0.15, 0.2) is 29.3 Å². The standard InChI is InChI=1S/C14H21N3O/c1-17(12-5-6-12)14(15)16-10-9-11-3-7-13(18-2)8-4-11/h3-4,7-8,12H,5-6,9-10H2,1-2H3,(H2,15,16). The Morgan fingerprint density at radius 2 is 2.06 bits per heavy atom. The molecule has 0 amide bonds. The van der Waals surface area contributed by atoms with Gasteiger partial charge in [0.05, 0.1) is 7.11 Å². The quantitative estimate of drug-likeness (QED) is 0.636. The summed E-state index contributed by atoms with van der Waals surface area (Å²) in [5.74, 6) is 1.54. The summed E-state index contributed by atoms with van der Waals surface area (Å²) in [5.41, 5.74) is 7.18. The van der Waals surface area contributed by atoms with Crippen LogP contribution in [0.2, 0.25) is 0 Å². The number of ether oxygens (including phenoxy) is 1. The minimum Gasteiger partial charge on any atom is -0.497 e. The number of nitrogens with zero attached hydrogens (tertiary/aromatic N) is 2. The van der Waals surface area contributed by atoms with Crippen LogP contribution in [0.1, 0.15) is 18.4 Å². The number of hydrogen-bond donors (Lipinski definition) is 1. The Kier molecular flexibility index (Phi) is 4.07. The summed E-state index contributed by atoms with van der Waals surface area (Å²) in [5, 5.41) is 0. The highest BCUT2D eigenvalue weighted by atomic mass is 16.5. The van der Waals surface area contributed by atoms with E-state index in [0.717, 1.165) is 18.7 Å². The first-order valence-corrected chi connectivity index (χ1v) is 6.36. The molecule has 1 aromatic carbocycles. The van der Waals surface area contributed by atoms with Crippen molar-refractivity contribution in [3.8, 4) is 5.75 Å². The molecular formula is C14H21N3O. The first-order valence-electron chi connectivity index (χ1n) is 6.36. The van der Waals surface area contributed by atoms with Crippen LogP contribution in [0, 0.1) is 0 Å². The number of benzene rings is 1. The molecule has 1 aromatic rings. The summed E-state index contributed by atoms with van der Waals surface area (Å²) >= 11 is 0. The summed E-state index contributed by atoms with van der Waals surface area (Å²) in [6, 6.07) is 8.69. The number of rotatable bonds is 5. The Morgan fingerprint density at radius 3 is 2.61 bits per heavy atom. The summed E-state index contributed by atoms with van der Waals surface area (Å²) in [6.45, 7) is 0.731. The van der Waals surface area contributed by atoms with Crippen LogP contribution < -0.4 is 10.5 Å². The van der Waals surface area contributed by atoms with Crippen molar-refractivity contribution in [3.63, 3.8) is 0 Å². The molecule has 1 aliphatic rings. The van der Waals surface area contributed by atoms with E-state index in [2.05, 4.69) is 22.0 Å². The van der Waals surface area contributed by atoms with Gasteiger partial charge in [-0.15, -0.1) is 0 Å². The molecule has 1 fully saturated rings. The van der Waals surface area contributed by atoms with Crippen molar-refractivity contribution in [2.24, 2.45) is 10.7 Å². The molecule has 1 saturated carbocycles. The highest BCUT2D eigenvalue weighted by Crippen LogP contribution is 2.24. The number of methoxy groups -OCH3 is 1. The molecule has 4 nitrogen and oxygen atoms in total. The molecule has 0 bridgehead atoms. The zero-order valence-electron chi connectivity index (χ0n) is 11.1. The van der Waals surface area contributed by atoms with E-state index in [1.807, 2.05) is 19.2 Å². The van der Waals surface area contributed by atoms with Crippen molar-refractivity contribution < 1.29 is 4.74 Å². The third-order valence-electron chi connectivity index (χ3n) is 3.29. The molecule has 2 N–H and O–H groups in total. The second kappa shape index (κ2) is 5.76. The van der Waals surface area contributed by atoms with Gasteiger partial charge in [0.15, 0.2) is 5.96 Å². The van der Waals surface area contributed by atoms with E-state index in [1.165, 1.54) is 18.4 Å². The number of guanidine groups is 1. The van der Waals surface area contributed by atoms with Crippen molar-refractivity contribution in [1.29, 1.82) is 0 Å². The van der Waals surface area contributed by atoms with Crippen LogP contribution in [-0.4, -0.2) is 37.6 Å². The van der Waals surface area contributed by atoms with Gasteiger partial charge in [-0.3, -0.25) is 4.99 Å². The van der Waals surface area contributed by atoms with Crippen LogP contribution in [0.5, 0.6) is 5.75 Å². The molecule has 0 radical (unpaired) electrons. The fraction of sp³-hybridized carbons (Fsp3) is 0.500. The molecule has 0 aromatic heterocycles. The van der Waals surface area contributed by atoms with Crippen molar-refractivity contribution in [2.45, 2.75) is 25.3 Å². The molecule has 0 atom stereocenters. The van der Waals surface area contributed by atoms with Gasteiger partial charge in [-0.25, -0.2) is 0 Å². The average Bonchev–Trinajstić information content (AvgIpc) is 3.23. The zero-order chi connectivity index (χ0) is 13.0. The van der Waals surface area contributed by atoms with Gasteiger partial charge in [-0.05, 0) is 37.0 Å². The third kappa shape index (κ3) is 3.39. The van der Waals surface area contributed by atoms with E-state index in [1.54, 1.807) is 7.11 Å².